The normalized spacial score (nSPS) is 15.5. The average molecular weight is 307 g/mol. The lowest BCUT2D eigenvalue weighted by atomic mass is 10.1. The van der Waals surface area contributed by atoms with E-state index in [4.69, 9.17) is 4.74 Å². The van der Waals surface area contributed by atoms with E-state index in [-0.39, 0.29) is 5.91 Å². The van der Waals surface area contributed by atoms with Crippen LogP contribution in [0.4, 0.5) is 0 Å². The molecule has 1 N–H and O–H groups in total. The molecule has 0 saturated heterocycles. The number of nitrogens with one attached hydrogen (secondary N) is 1. The molecule has 0 unspecified atom stereocenters. The van der Waals surface area contributed by atoms with E-state index in [0.717, 1.165) is 12.8 Å². The Morgan fingerprint density at radius 3 is 2.95 bits per heavy atom. The summed E-state index contributed by atoms with van der Waals surface area (Å²) in [6.45, 7) is 5.47. The first-order valence-corrected chi connectivity index (χ1v) is 8.14. The van der Waals surface area contributed by atoms with Gasteiger partial charge in [0.25, 0.3) is 5.91 Å². The second-order valence-electron chi connectivity index (χ2n) is 5.20. The van der Waals surface area contributed by atoms with Gasteiger partial charge in [0.15, 0.2) is 6.10 Å². The predicted molar refractivity (Wildman–Crippen MR) is 83.7 cm³/mol. The molecule has 4 nitrogen and oxygen atoms in total. The molecule has 0 saturated carbocycles. The van der Waals surface area contributed by atoms with E-state index in [1.165, 1.54) is 41.0 Å². The molecular weight excluding hydrogens is 286 g/mol. The van der Waals surface area contributed by atoms with Crippen molar-refractivity contribution in [2.75, 3.05) is 6.54 Å². The topological polar surface area (TPSA) is 55.4 Å². The number of hydrogen-bond acceptors (Lipinski definition) is 4. The van der Waals surface area contributed by atoms with Crippen LogP contribution in [0.3, 0.4) is 0 Å². The summed E-state index contributed by atoms with van der Waals surface area (Å²) in [5.41, 5.74) is 1.27. The summed E-state index contributed by atoms with van der Waals surface area (Å²) in [5.74, 6) is -0.712. The molecule has 0 radical (unpaired) electrons. The average Bonchev–Trinajstić information content (AvgIpc) is 2.76. The molecule has 1 amide bonds. The first-order chi connectivity index (χ1) is 10.1. The van der Waals surface area contributed by atoms with Crippen molar-refractivity contribution >= 4 is 23.2 Å². The number of hydrogen-bond donors (Lipinski definition) is 1. The van der Waals surface area contributed by atoms with Crippen molar-refractivity contribution in [2.45, 2.75) is 45.1 Å². The maximum absolute atomic E-state index is 12.1. The van der Waals surface area contributed by atoms with E-state index in [0.29, 0.717) is 11.4 Å². The van der Waals surface area contributed by atoms with Crippen LogP contribution in [0.25, 0.3) is 0 Å². The van der Waals surface area contributed by atoms with E-state index < -0.39 is 12.1 Å². The third kappa shape index (κ3) is 4.17. The molecule has 114 valence electrons. The Hall–Kier alpha value is -1.62. The van der Waals surface area contributed by atoms with Gasteiger partial charge in [0.2, 0.25) is 0 Å². The molecule has 5 heteroatoms. The highest BCUT2D eigenvalue weighted by molar-refractivity contribution is 7.14. The molecule has 0 spiro atoms. The van der Waals surface area contributed by atoms with Gasteiger partial charge in [0.1, 0.15) is 4.88 Å². The third-order valence-electron chi connectivity index (χ3n) is 3.52. The molecule has 1 aromatic heterocycles. The molecule has 1 aliphatic rings. The van der Waals surface area contributed by atoms with Gasteiger partial charge in [-0.05, 0) is 44.2 Å². The quantitative estimate of drug-likeness (QED) is 0.517. The van der Waals surface area contributed by atoms with Crippen molar-refractivity contribution in [2.24, 2.45) is 0 Å². The summed E-state index contributed by atoms with van der Waals surface area (Å²) in [4.78, 5) is 25.7. The Kier molecular flexibility index (Phi) is 5.56. The molecule has 1 aliphatic carbocycles. The summed E-state index contributed by atoms with van der Waals surface area (Å²) in [6.07, 6.45) is 6.49. The minimum atomic E-state index is -0.792. The highest BCUT2D eigenvalue weighted by atomic mass is 32.1. The second-order valence-corrected chi connectivity index (χ2v) is 6.34. The van der Waals surface area contributed by atoms with Gasteiger partial charge in [-0.15, -0.1) is 17.9 Å². The molecular formula is C16H21NO3S. The number of thiophene rings is 1. The maximum atomic E-state index is 12.1. The van der Waals surface area contributed by atoms with Gasteiger partial charge in [-0.1, -0.05) is 12.5 Å². The molecule has 0 bridgehead atoms. The van der Waals surface area contributed by atoms with E-state index >= 15 is 0 Å². The molecule has 0 aromatic carbocycles. The zero-order valence-corrected chi connectivity index (χ0v) is 13.1. The van der Waals surface area contributed by atoms with Crippen LogP contribution in [0.1, 0.15) is 46.3 Å². The van der Waals surface area contributed by atoms with Gasteiger partial charge in [0.05, 0.1) is 0 Å². The summed E-state index contributed by atoms with van der Waals surface area (Å²) in [7, 11) is 0. The lowest BCUT2D eigenvalue weighted by Gasteiger charge is -2.11. The summed E-state index contributed by atoms with van der Waals surface area (Å²) in [6, 6.07) is 1.93. The smallest absolute Gasteiger partial charge is 0.349 e. The number of carbonyl (C=O) groups is 2. The Labute approximate surface area is 129 Å². The minimum Gasteiger partial charge on any atom is -0.448 e. The van der Waals surface area contributed by atoms with Crippen molar-refractivity contribution < 1.29 is 14.3 Å². The summed E-state index contributed by atoms with van der Waals surface area (Å²) >= 11 is 1.51. The minimum absolute atomic E-state index is 0.304. The molecule has 21 heavy (non-hydrogen) atoms. The predicted octanol–water partition coefficient (Wildman–Crippen LogP) is 2.86. The monoisotopic (exact) mass is 307 g/mol. The van der Waals surface area contributed by atoms with Crippen LogP contribution in [0, 0.1) is 0 Å². The van der Waals surface area contributed by atoms with Crippen molar-refractivity contribution in [1.82, 2.24) is 5.32 Å². The number of fused-ring (bicyclic) bond motifs is 1. The van der Waals surface area contributed by atoms with E-state index in [9.17, 15) is 9.59 Å². The second kappa shape index (κ2) is 7.41. The Morgan fingerprint density at radius 1 is 1.43 bits per heavy atom. The first-order valence-electron chi connectivity index (χ1n) is 7.33. The zero-order chi connectivity index (χ0) is 15.2. The fraction of sp³-hybridized carbons (Fsp3) is 0.500. The molecule has 2 rings (SSSR count). The van der Waals surface area contributed by atoms with E-state index in [1.54, 1.807) is 13.0 Å². The molecule has 1 aromatic rings. The Morgan fingerprint density at radius 2 is 2.19 bits per heavy atom. The summed E-state index contributed by atoms with van der Waals surface area (Å²) < 4.78 is 5.23. The number of carbonyl (C=O) groups excluding carboxylic acids is 2. The van der Waals surface area contributed by atoms with E-state index in [2.05, 4.69) is 11.9 Å². The van der Waals surface area contributed by atoms with Crippen LogP contribution < -0.4 is 5.32 Å². The molecule has 1 heterocycles. The number of esters is 1. The third-order valence-corrected chi connectivity index (χ3v) is 4.74. The van der Waals surface area contributed by atoms with Crippen LogP contribution >= 0.6 is 11.3 Å². The standard InChI is InChI=1S/C16H21NO3S/c1-3-9-17-15(18)11(2)20-16(19)14-10-12-7-5-4-6-8-13(12)21-14/h3,10-11H,1,4-9H2,2H3,(H,17,18)/t11-/m0/s1. The van der Waals surface area contributed by atoms with Gasteiger partial charge in [-0.25, -0.2) is 4.79 Å². The Bertz CT molecular complexity index is 512. The van der Waals surface area contributed by atoms with Crippen LogP contribution in [-0.4, -0.2) is 24.5 Å². The van der Waals surface area contributed by atoms with Gasteiger partial charge in [0, 0.05) is 11.4 Å². The highest BCUT2D eigenvalue weighted by Gasteiger charge is 2.21. The van der Waals surface area contributed by atoms with Gasteiger partial charge >= 0.3 is 5.97 Å². The van der Waals surface area contributed by atoms with E-state index in [1.807, 2.05) is 6.07 Å². The largest absolute Gasteiger partial charge is 0.448 e. The number of amides is 1. The van der Waals surface area contributed by atoms with Crippen LogP contribution in [-0.2, 0) is 22.4 Å². The lowest BCUT2D eigenvalue weighted by Crippen LogP contribution is -2.35. The Balaban J connectivity index is 1.97. The fourth-order valence-corrected chi connectivity index (χ4v) is 3.49. The molecule has 0 aliphatic heterocycles. The van der Waals surface area contributed by atoms with Crippen molar-refractivity contribution in [3.05, 3.63) is 34.0 Å². The lowest BCUT2D eigenvalue weighted by molar-refractivity contribution is -0.128. The SMILES string of the molecule is C=CCNC(=O)[C@H](C)OC(=O)c1cc2c(s1)CCCCC2. The maximum Gasteiger partial charge on any atom is 0.349 e. The van der Waals surface area contributed by atoms with Crippen molar-refractivity contribution in [1.29, 1.82) is 0 Å². The van der Waals surface area contributed by atoms with Gasteiger partial charge < -0.3 is 10.1 Å². The van der Waals surface area contributed by atoms with Crippen LogP contribution in [0.15, 0.2) is 18.7 Å². The molecule has 1 atom stereocenters. The number of rotatable bonds is 5. The van der Waals surface area contributed by atoms with Crippen molar-refractivity contribution in [3.63, 3.8) is 0 Å². The van der Waals surface area contributed by atoms with Gasteiger partial charge in [-0.3, -0.25) is 4.79 Å². The summed E-state index contributed by atoms with van der Waals surface area (Å²) in [5, 5.41) is 2.62. The highest BCUT2D eigenvalue weighted by Crippen LogP contribution is 2.29. The fourth-order valence-electron chi connectivity index (χ4n) is 2.36. The van der Waals surface area contributed by atoms with Crippen LogP contribution in [0.5, 0.6) is 0 Å². The van der Waals surface area contributed by atoms with Gasteiger partial charge in [-0.2, -0.15) is 0 Å². The molecule has 0 fully saturated rings. The van der Waals surface area contributed by atoms with Crippen LogP contribution in [0.2, 0.25) is 0 Å². The first kappa shape index (κ1) is 15.8. The number of aryl methyl sites for hydroxylation is 2. The van der Waals surface area contributed by atoms with Crippen molar-refractivity contribution in [3.8, 4) is 0 Å². The number of ether oxygens (including phenoxy) is 1. The zero-order valence-electron chi connectivity index (χ0n) is 12.3.